The van der Waals surface area contributed by atoms with E-state index in [1.807, 2.05) is 18.2 Å². The SMILES string of the molecule is CN=C(NCCc1noc(-c2ccccn2)n1)N1CCN(C(=O)c2ccco2)CC1. The fourth-order valence-electron chi connectivity index (χ4n) is 3.24. The van der Waals surface area contributed by atoms with Crippen LogP contribution in [0, 0.1) is 0 Å². The largest absolute Gasteiger partial charge is 0.459 e. The van der Waals surface area contributed by atoms with Crippen LogP contribution in [0.2, 0.25) is 0 Å². The lowest BCUT2D eigenvalue weighted by atomic mass is 10.3. The van der Waals surface area contributed by atoms with Gasteiger partial charge in [0.25, 0.3) is 11.8 Å². The van der Waals surface area contributed by atoms with Gasteiger partial charge >= 0.3 is 0 Å². The molecule has 0 saturated carbocycles. The van der Waals surface area contributed by atoms with Gasteiger partial charge in [0.1, 0.15) is 5.69 Å². The minimum absolute atomic E-state index is 0.0802. The van der Waals surface area contributed by atoms with Crippen LogP contribution in [-0.2, 0) is 6.42 Å². The van der Waals surface area contributed by atoms with Crippen molar-refractivity contribution in [3.8, 4) is 11.6 Å². The molecule has 1 saturated heterocycles. The molecular formula is C20H23N7O3. The van der Waals surface area contributed by atoms with E-state index in [2.05, 4.69) is 30.3 Å². The van der Waals surface area contributed by atoms with E-state index < -0.39 is 0 Å². The average Bonchev–Trinajstić information content (AvgIpc) is 3.50. The van der Waals surface area contributed by atoms with E-state index >= 15 is 0 Å². The second-order valence-corrected chi connectivity index (χ2v) is 6.71. The van der Waals surface area contributed by atoms with Crippen LogP contribution in [-0.4, -0.2) is 76.6 Å². The molecule has 3 aromatic rings. The molecule has 10 heteroatoms. The first-order valence-electron chi connectivity index (χ1n) is 9.77. The maximum atomic E-state index is 12.4. The molecule has 0 radical (unpaired) electrons. The van der Waals surface area contributed by atoms with Crippen LogP contribution < -0.4 is 5.32 Å². The van der Waals surface area contributed by atoms with E-state index in [0.29, 0.717) is 62.3 Å². The molecule has 0 aliphatic carbocycles. The summed E-state index contributed by atoms with van der Waals surface area (Å²) in [7, 11) is 1.75. The molecule has 0 aromatic carbocycles. The molecule has 3 aromatic heterocycles. The number of hydrogen-bond acceptors (Lipinski definition) is 7. The molecule has 1 amide bonds. The normalized spacial score (nSPS) is 14.8. The zero-order valence-electron chi connectivity index (χ0n) is 16.7. The third-order valence-corrected chi connectivity index (χ3v) is 4.79. The number of nitrogens with zero attached hydrogens (tertiary/aromatic N) is 6. The van der Waals surface area contributed by atoms with Crippen LogP contribution in [0.25, 0.3) is 11.6 Å². The van der Waals surface area contributed by atoms with Gasteiger partial charge in [-0.05, 0) is 24.3 Å². The predicted molar refractivity (Wildman–Crippen MR) is 109 cm³/mol. The summed E-state index contributed by atoms with van der Waals surface area (Å²) in [4.78, 5) is 29.2. The summed E-state index contributed by atoms with van der Waals surface area (Å²) in [5.41, 5.74) is 0.655. The molecule has 1 aliphatic rings. The summed E-state index contributed by atoms with van der Waals surface area (Å²) in [6, 6.07) is 8.95. The minimum Gasteiger partial charge on any atom is -0.459 e. The number of amides is 1. The van der Waals surface area contributed by atoms with Gasteiger partial charge in [0.15, 0.2) is 17.5 Å². The van der Waals surface area contributed by atoms with Gasteiger partial charge in [-0.25, -0.2) is 0 Å². The van der Waals surface area contributed by atoms with Crippen LogP contribution in [0.5, 0.6) is 0 Å². The summed E-state index contributed by atoms with van der Waals surface area (Å²) in [5, 5.41) is 7.33. The highest BCUT2D eigenvalue weighted by molar-refractivity contribution is 5.91. The van der Waals surface area contributed by atoms with Crippen molar-refractivity contribution in [1.29, 1.82) is 0 Å². The van der Waals surface area contributed by atoms with Crippen LogP contribution in [0.15, 0.2) is 56.7 Å². The second kappa shape index (κ2) is 9.21. The van der Waals surface area contributed by atoms with E-state index in [9.17, 15) is 4.79 Å². The van der Waals surface area contributed by atoms with Gasteiger partial charge in [-0.1, -0.05) is 11.2 Å². The van der Waals surface area contributed by atoms with Gasteiger partial charge in [0.2, 0.25) is 0 Å². The molecule has 0 bridgehead atoms. The van der Waals surface area contributed by atoms with Crippen molar-refractivity contribution < 1.29 is 13.7 Å². The number of piperazine rings is 1. The Morgan fingerprint density at radius 3 is 2.70 bits per heavy atom. The van der Waals surface area contributed by atoms with E-state index in [4.69, 9.17) is 8.94 Å². The molecule has 0 spiro atoms. The standard InChI is InChI=1S/C20H23N7O3/c1-21-20(27-12-10-26(11-13-27)19(28)16-6-4-14-29-16)23-9-7-17-24-18(30-25-17)15-5-2-3-8-22-15/h2-6,8,14H,7,9-13H2,1H3,(H,21,23). The van der Waals surface area contributed by atoms with Crippen molar-refractivity contribution in [2.45, 2.75) is 6.42 Å². The first kappa shape index (κ1) is 19.6. The molecule has 156 valence electrons. The van der Waals surface area contributed by atoms with Gasteiger partial charge < -0.3 is 24.1 Å². The highest BCUT2D eigenvalue weighted by Gasteiger charge is 2.25. The molecule has 0 unspecified atom stereocenters. The fourth-order valence-corrected chi connectivity index (χ4v) is 3.24. The number of nitrogens with one attached hydrogen (secondary N) is 1. The zero-order valence-corrected chi connectivity index (χ0v) is 16.7. The van der Waals surface area contributed by atoms with Crippen molar-refractivity contribution in [3.05, 3.63) is 54.4 Å². The highest BCUT2D eigenvalue weighted by Crippen LogP contribution is 2.13. The average molecular weight is 409 g/mol. The molecule has 4 heterocycles. The molecule has 10 nitrogen and oxygen atoms in total. The molecular weight excluding hydrogens is 386 g/mol. The number of furan rings is 1. The van der Waals surface area contributed by atoms with E-state index in [-0.39, 0.29) is 5.91 Å². The Morgan fingerprint density at radius 2 is 2.00 bits per heavy atom. The van der Waals surface area contributed by atoms with Gasteiger partial charge in [0, 0.05) is 52.4 Å². The minimum atomic E-state index is -0.0802. The first-order chi connectivity index (χ1) is 14.7. The van der Waals surface area contributed by atoms with Crippen molar-refractivity contribution >= 4 is 11.9 Å². The van der Waals surface area contributed by atoms with Gasteiger partial charge in [-0.15, -0.1) is 0 Å². The fraction of sp³-hybridized carbons (Fsp3) is 0.350. The van der Waals surface area contributed by atoms with Gasteiger partial charge in [-0.2, -0.15) is 4.98 Å². The second-order valence-electron chi connectivity index (χ2n) is 6.71. The molecule has 1 N–H and O–H groups in total. The summed E-state index contributed by atoms with van der Waals surface area (Å²) in [6.45, 7) is 3.22. The smallest absolute Gasteiger partial charge is 0.289 e. The van der Waals surface area contributed by atoms with Crippen LogP contribution in [0.4, 0.5) is 0 Å². The van der Waals surface area contributed by atoms with Crippen LogP contribution in [0.3, 0.4) is 0 Å². The quantitative estimate of drug-likeness (QED) is 0.496. The summed E-state index contributed by atoms with van der Waals surface area (Å²) < 4.78 is 10.5. The number of hydrogen-bond donors (Lipinski definition) is 1. The van der Waals surface area contributed by atoms with Crippen molar-refractivity contribution in [3.63, 3.8) is 0 Å². The van der Waals surface area contributed by atoms with Crippen molar-refractivity contribution in [2.24, 2.45) is 4.99 Å². The van der Waals surface area contributed by atoms with E-state index in [0.717, 1.165) is 5.96 Å². The number of guanidine groups is 1. The van der Waals surface area contributed by atoms with Gasteiger partial charge in [0.05, 0.1) is 6.26 Å². The Balaban J connectivity index is 1.25. The van der Waals surface area contributed by atoms with Crippen LogP contribution in [0.1, 0.15) is 16.4 Å². The number of pyridine rings is 1. The first-order valence-corrected chi connectivity index (χ1v) is 9.77. The number of aliphatic imine (C=N–C) groups is 1. The van der Waals surface area contributed by atoms with Crippen molar-refractivity contribution in [1.82, 2.24) is 30.2 Å². The molecule has 4 rings (SSSR count). The number of carbonyl (C=O) groups excluding carboxylic acids is 1. The third-order valence-electron chi connectivity index (χ3n) is 4.79. The van der Waals surface area contributed by atoms with Crippen molar-refractivity contribution in [2.75, 3.05) is 39.8 Å². The third kappa shape index (κ3) is 4.48. The highest BCUT2D eigenvalue weighted by atomic mass is 16.5. The molecule has 1 aliphatic heterocycles. The Bertz CT molecular complexity index is 977. The Labute approximate surface area is 173 Å². The Morgan fingerprint density at radius 1 is 1.17 bits per heavy atom. The number of aromatic nitrogens is 3. The Kier molecular flexibility index (Phi) is 6.02. The van der Waals surface area contributed by atoms with E-state index in [1.165, 1.54) is 6.26 Å². The monoisotopic (exact) mass is 409 g/mol. The maximum Gasteiger partial charge on any atom is 0.289 e. The topological polar surface area (TPSA) is 113 Å². The number of carbonyl (C=O) groups is 1. The lowest BCUT2D eigenvalue weighted by Crippen LogP contribution is -2.54. The predicted octanol–water partition coefficient (Wildman–Crippen LogP) is 1.30. The maximum absolute atomic E-state index is 12.4. The van der Waals surface area contributed by atoms with Gasteiger partial charge in [-0.3, -0.25) is 14.8 Å². The Hall–Kier alpha value is -3.69. The summed E-state index contributed by atoms with van der Waals surface area (Å²) >= 11 is 0. The van der Waals surface area contributed by atoms with E-state index in [1.54, 1.807) is 30.3 Å². The molecule has 0 atom stereocenters. The lowest BCUT2D eigenvalue weighted by molar-refractivity contribution is 0.0658. The molecule has 1 fully saturated rings. The summed E-state index contributed by atoms with van der Waals surface area (Å²) in [5.74, 6) is 2.09. The lowest BCUT2D eigenvalue weighted by Gasteiger charge is -2.36. The zero-order chi connectivity index (χ0) is 20.8. The summed E-state index contributed by atoms with van der Waals surface area (Å²) in [6.07, 6.45) is 3.79. The molecule has 30 heavy (non-hydrogen) atoms. The van der Waals surface area contributed by atoms with Crippen LogP contribution >= 0.6 is 0 Å². The number of rotatable bonds is 5.